The van der Waals surface area contributed by atoms with Gasteiger partial charge in [-0.3, -0.25) is 0 Å². The first-order valence-corrected chi connectivity index (χ1v) is 6.51. The average molecular weight is 298 g/mol. The van der Waals surface area contributed by atoms with Crippen LogP contribution in [0.15, 0.2) is 18.2 Å². The fraction of sp³-hybridized carbons (Fsp3) is 0.500. The van der Waals surface area contributed by atoms with Crippen LogP contribution in [0.5, 0.6) is 0 Å². The van der Waals surface area contributed by atoms with Gasteiger partial charge in [0.1, 0.15) is 30.5 Å². The molecule has 7 heteroatoms. The molecule has 116 valence electrons. The monoisotopic (exact) mass is 298 g/mol. The minimum absolute atomic E-state index is 0.0209. The summed E-state index contributed by atoms with van der Waals surface area (Å²) in [6.07, 6.45) is -6.41. The molecule has 5 atom stereocenters. The molecule has 21 heavy (non-hydrogen) atoms. The maximum Gasteiger partial charge on any atom is 0.335 e. The highest BCUT2D eigenvalue weighted by Crippen LogP contribution is 2.34. The predicted octanol–water partition coefficient (Wildman–Crippen LogP) is -0.792. The normalized spacial score (nSPS) is 32.9. The maximum atomic E-state index is 11.0. The van der Waals surface area contributed by atoms with E-state index in [9.17, 15) is 25.2 Å². The summed E-state index contributed by atoms with van der Waals surface area (Å²) < 4.78 is 5.43. The van der Waals surface area contributed by atoms with Crippen LogP contribution in [-0.2, 0) is 4.74 Å². The molecule has 1 aliphatic rings. The van der Waals surface area contributed by atoms with Crippen LogP contribution < -0.4 is 0 Å². The second-order valence-corrected chi connectivity index (χ2v) is 5.13. The van der Waals surface area contributed by atoms with E-state index in [1.165, 1.54) is 12.1 Å². The summed E-state index contributed by atoms with van der Waals surface area (Å²) >= 11 is 0. The molecule has 0 radical (unpaired) electrons. The van der Waals surface area contributed by atoms with Crippen LogP contribution in [0.1, 0.15) is 27.6 Å². The number of aromatic carboxylic acids is 1. The molecule has 0 aromatic heterocycles. The fourth-order valence-corrected chi connectivity index (χ4v) is 2.44. The van der Waals surface area contributed by atoms with Crippen molar-refractivity contribution in [2.75, 3.05) is 6.61 Å². The topological polar surface area (TPSA) is 127 Å². The molecular weight excluding hydrogens is 280 g/mol. The zero-order valence-electron chi connectivity index (χ0n) is 11.4. The molecule has 0 unspecified atom stereocenters. The van der Waals surface area contributed by atoms with Crippen LogP contribution in [0.2, 0.25) is 0 Å². The molecule has 1 heterocycles. The van der Waals surface area contributed by atoms with Gasteiger partial charge in [-0.1, -0.05) is 6.07 Å². The summed E-state index contributed by atoms with van der Waals surface area (Å²) in [7, 11) is 0. The Morgan fingerprint density at radius 1 is 1.19 bits per heavy atom. The number of carboxylic acids is 1. The van der Waals surface area contributed by atoms with E-state index in [1.807, 2.05) is 0 Å². The molecule has 0 aliphatic carbocycles. The number of carbonyl (C=O) groups is 1. The highest BCUT2D eigenvalue weighted by Gasteiger charge is 2.44. The SMILES string of the molecule is Cc1ccc(C(=O)O)cc1[C@@H]1O[C@H](CO)[C@@H](O)[C@H](O)[C@H]1O. The number of aliphatic hydroxyl groups is 4. The molecule has 1 aromatic carbocycles. The number of rotatable bonds is 3. The van der Waals surface area contributed by atoms with Crippen LogP contribution in [0.4, 0.5) is 0 Å². The van der Waals surface area contributed by atoms with Gasteiger partial charge >= 0.3 is 5.97 Å². The Bertz CT molecular complexity index is 528. The van der Waals surface area contributed by atoms with Crippen molar-refractivity contribution in [1.82, 2.24) is 0 Å². The van der Waals surface area contributed by atoms with Gasteiger partial charge in [-0.05, 0) is 30.2 Å². The van der Waals surface area contributed by atoms with Gasteiger partial charge in [-0.2, -0.15) is 0 Å². The first-order chi connectivity index (χ1) is 9.86. The van der Waals surface area contributed by atoms with Gasteiger partial charge in [0.25, 0.3) is 0 Å². The van der Waals surface area contributed by atoms with Crippen molar-refractivity contribution in [2.24, 2.45) is 0 Å². The van der Waals surface area contributed by atoms with Crippen LogP contribution in [-0.4, -0.2) is 62.5 Å². The van der Waals surface area contributed by atoms with E-state index in [-0.39, 0.29) is 5.56 Å². The van der Waals surface area contributed by atoms with Gasteiger partial charge in [0.15, 0.2) is 0 Å². The summed E-state index contributed by atoms with van der Waals surface area (Å²) in [5, 5.41) is 47.8. The highest BCUT2D eigenvalue weighted by molar-refractivity contribution is 5.87. The lowest BCUT2D eigenvalue weighted by molar-refractivity contribution is -0.231. The smallest absolute Gasteiger partial charge is 0.335 e. The van der Waals surface area contributed by atoms with Gasteiger partial charge < -0.3 is 30.3 Å². The zero-order valence-corrected chi connectivity index (χ0v) is 11.4. The maximum absolute atomic E-state index is 11.0. The van der Waals surface area contributed by atoms with Gasteiger partial charge in [0.05, 0.1) is 12.2 Å². The number of aryl methyl sites for hydroxylation is 1. The Hall–Kier alpha value is -1.51. The Labute approximate surface area is 121 Å². The van der Waals surface area contributed by atoms with Crippen molar-refractivity contribution in [3.05, 3.63) is 34.9 Å². The number of benzene rings is 1. The van der Waals surface area contributed by atoms with Gasteiger partial charge in [-0.25, -0.2) is 4.79 Å². The molecule has 7 nitrogen and oxygen atoms in total. The number of ether oxygens (including phenoxy) is 1. The lowest BCUT2D eigenvalue weighted by Crippen LogP contribution is -2.55. The van der Waals surface area contributed by atoms with Crippen molar-refractivity contribution in [2.45, 2.75) is 37.4 Å². The highest BCUT2D eigenvalue weighted by atomic mass is 16.5. The number of aliphatic hydroxyl groups excluding tert-OH is 4. The molecular formula is C14H18O7. The first-order valence-electron chi connectivity index (χ1n) is 6.51. The first kappa shape index (κ1) is 15.9. The molecule has 5 N–H and O–H groups in total. The minimum atomic E-state index is -1.49. The summed E-state index contributed by atoms with van der Waals surface area (Å²) in [5.74, 6) is -1.12. The Balaban J connectivity index is 2.40. The largest absolute Gasteiger partial charge is 0.478 e. The van der Waals surface area contributed by atoms with Crippen molar-refractivity contribution in [3.8, 4) is 0 Å². The molecule has 0 bridgehead atoms. The second kappa shape index (κ2) is 6.08. The van der Waals surface area contributed by atoms with E-state index in [0.717, 1.165) is 0 Å². The quantitative estimate of drug-likeness (QED) is 0.494. The van der Waals surface area contributed by atoms with Crippen molar-refractivity contribution in [3.63, 3.8) is 0 Å². The minimum Gasteiger partial charge on any atom is -0.478 e. The molecule has 1 fully saturated rings. The van der Waals surface area contributed by atoms with Crippen LogP contribution in [0.3, 0.4) is 0 Å². The number of carboxylic acid groups (broad SMARTS) is 1. The third-order valence-corrected chi connectivity index (χ3v) is 3.72. The van der Waals surface area contributed by atoms with Crippen molar-refractivity contribution in [1.29, 1.82) is 0 Å². The Morgan fingerprint density at radius 3 is 2.43 bits per heavy atom. The van der Waals surface area contributed by atoms with E-state index in [1.54, 1.807) is 13.0 Å². The van der Waals surface area contributed by atoms with E-state index in [2.05, 4.69) is 0 Å². The number of hydrogen-bond acceptors (Lipinski definition) is 6. The number of hydrogen-bond donors (Lipinski definition) is 5. The predicted molar refractivity (Wildman–Crippen MR) is 70.9 cm³/mol. The van der Waals surface area contributed by atoms with E-state index >= 15 is 0 Å². The van der Waals surface area contributed by atoms with Crippen LogP contribution in [0.25, 0.3) is 0 Å². The van der Waals surface area contributed by atoms with Crippen molar-refractivity contribution >= 4 is 5.97 Å². The zero-order chi connectivity index (χ0) is 15.7. The molecule has 0 saturated carbocycles. The van der Waals surface area contributed by atoms with Gasteiger partial charge in [0, 0.05) is 0 Å². The molecule has 2 rings (SSSR count). The lowest BCUT2D eigenvalue weighted by atomic mass is 9.88. The summed E-state index contributed by atoms with van der Waals surface area (Å²) in [6.45, 7) is 1.18. The molecule has 0 spiro atoms. The summed E-state index contributed by atoms with van der Waals surface area (Å²) in [6, 6.07) is 4.34. The second-order valence-electron chi connectivity index (χ2n) is 5.13. The Kier molecular flexibility index (Phi) is 4.60. The van der Waals surface area contributed by atoms with Gasteiger partial charge in [0.2, 0.25) is 0 Å². The molecule has 1 saturated heterocycles. The lowest BCUT2D eigenvalue weighted by Gasteiger charge is -2.40. The Morgan fingerprint density at radius 2 is 1.86 bits per heavy atom. The van der Waals surface area contributed by atoms with Crippen LogP contribution >= 0.6 is 0 Å². The standard InChI is InChI=1S/C14H18O7/c1-6-2-3-7(14(19)20)4-8(6)13-12(18)11(17)10(16)9(5-15)21-13/h2-4,9-13,15-18H,5H2,1H3,(H,19,20)/t9-,10-,11+,12-,13+/m1/s1. The molecule has 0 amide bonds. The third kappa shape index (κ3) is 2.92. The van der Waals surface area contributed by atoms with E-state index in [0.29, 0.717) is 11.1 Å². The third-order valence-electron chi connectivity index (χ3n) is 3.72. The van der Waals surface area contributed by atoms with Crippen LogP contribution in [0, 0.1) is 6.92 Å². The average Bonchev–Trinajstić information content (AvgIpc) is 2.46. The van der Waals surface area contributed by atoms with E-state index < -0.39 is 43.1 Å². The van der Waals surface area contributed by atoms with Gasteiger partial charge in [-0.15, -0.1) is 0 Å². The molecule has 1 aromatic rings. The van der Waals surface area contributed by atoms with E-state index in [4.69, 9.17) is 9.84 Å². The summed E-state index contributed by atoms with van der Waals surface area (Å²) in [4.78, 5) is 11.0. The summed E-state index contributed by atoms with van der Waals surface area (Å²) in [5.41, 5.74) is 1.09. The van der Waals surface area contributed by atoms with Crippen molar-refractivity contribution < 1.29 is 35.1 Å². The fourth-order valence-electron chi connectivity index (χ4n) is 2.44. The molecule has 1 aliphatic heterocycles.